The fraction of sp³-hybridized carbons (Fsp3) is 0.167. The van der Waals surface area contributed by atoms with Crippen LogP contribution in [0, 0.1) is 6.92 Å². The fourth-order valence-corrected chi connectivity index (χ4v) is 4.74. The molecule has 3 aromatic carbocycles. The van der Waals surface area contributed by atoms with Crippen LogP contribution in [0.15, 0.2) is 87.3 Å². The van der Waals surface area contributed by atoms with Gasteiger partial charge in [0.05, 0.1) is 23.4 Å². The molecule has 0 unspecified atom stereocenters. The van der Waals surface area contributed by atoms with Gasteiger partial charge in [0.2, 0.25) is 0 Å². The highest BCUT2D eigenvalue weighted by Crippen LogP contribution is 2.32. The second-order valence-electron chi connectivity index (χ2n) is 7.24. The van der Waals surface area contributed by atoms with Gasteiger partial charge in [-0.05, 0) is 55.8 Å². The monoisotopic (exact) mass is 529 g/mol. The molecule has 7 nitrogen and oxygen atoms in total. The number of methoxy groups -OCH3 is 1. The second kappa shape index (κ2) is 10.6. The van der Waals surface area contributed by atoms with Crippen molar-refractivity contribution in [1.82, 2.24) is 5.43 Å². The number of ether oxygens (including phenoxy) is 1. The zero-order valence-corrected chi connectivity index (χ0v) is 20.9. The predicted octanol–water partition coefficient (Wildman–Crippen LogP) is 4.50. The number of nitrogens with one attached hydrogen (secondary N) is 1. The van der Waals surface area contributed by atoms with Gasteiger partial charge in [-0.1, -0.05) is 57.9 Å². The Morgan fingerprint density at radius 3 is 2.30 bits per heavy atom. The van der Waals surface area contributed by atoms with Crippen LogP contribution in [0.1, 0.15) is 18.1 Å². The summed E-state index contributed by atoms with van der Waals surface area (Å²) in [6, 6.07) is 20.5. The summed E-state index contributed by atoms with van der Waals surface area (Å²) in [5.41, 5.74) is 5.05. The van der Waals surface area contributed by atoms with E-state index in [0.717, 1.165) is 19.9 Å². The number of hydrazone groups is 1. The Hall–Kier alpha value is -3.17. The summed E-state index contributed by atoms with van der Waals surface area (Å²) < 4.78 is 34.3. The van der Waals surface area contributed by atoms with Crippen LogP contribution in [0.3, 0.4) is 0 Å². The summed E-state index contributed by atoms with van der Waals surface area (Å²) in [7, 11) is -2.61. The molecule has 172 valence electrons. The smallest absolute Gasteiger partial charge is 0.264 e. The number of rotatable bonds is 8. The van der Waals surface area contributed by atoms with Crippen LogP contribution in [0.4, 0.5) is 5.69 Å². The highest BCUT2D eigenvalue weighted by Gasteiger charge is 2.29. The molecule has 9 heteroatoms. The predicted molar refractivity (Wildman–Crippen MR) is 133 cm³/mol. The third kappa shape index (κ3) is 6.00. The molecule has 3 rings (SSSR count). The normalized spacial score (nSPS) is 11.7. The lowest BCUT2D eigenvalue weighted by atomic mass is 10.1. The molecule has 33 heavy (non-hydrogen) atoms. The van der Waals surface area contributed by atoms with Crippen molar-refractivity contribution < 1.29 is 17.9 Å². The molecule has 0 saturated heterocycles. The van der Waals surface area contributed by atoms with Gasteiger partial charge in [-0.25, -0.2) is 13.8 Å². The van der Waals surface area contributed by atoms with Crippen molar-refractivity contribution in [3.63, 3.8) is 0 Å². The molecule has 0 fully saturated rings. The maximum Gasteiger partial charge on any atom is 0.264 e. The number of carbonyl (C=O) groups excluding carboxylic acids is 1. The van der Waals surface area contributed by atoms with E-state index in [0.29, 0.717) is 11.5 Å². The average molecular weight is 530 g/mol. The van der Waals surface area contributed by atoms with E-state index in [-0.39, 0.29) is 10.6 Å². The average Bonchev–Trinajstić information content (AvgIpc) is 2.81. The second-order valence-corrected chi connectivity index (χ2v) is 10.0. The lowest BCUT2D eigenvalue weighted by molar-refractivity contribution is -0.119. The number of carbonyl (C=O) groups is 1. The molecule has 0 atom stereocenters. The van der Waals surface area contributed by atoms with Gasteiger partial charge >= 0.3 is 0 Å². The van der Waals surface area contributed by atoms with Gasteiger partial charge in [0.1, 0.15) is 12.3 Å². The molecular formula is C24H24BrN3O4S. The van der Waals surface area contributed by atoms with Crippen molar-refractivity contribution in [2.45, 2.75) is 18.7 Å². The minimum atomic E-state index is -4.06. The van der Waals surface area contributed by atoms with Gasteiger partial charge in [-0.2, -0.15) is 5.10 Å². The van der Waals surface area contributed by atoms with Gasteiger partial charge in [0.25, 0.3) is 15.9 Å². The molecule has 0 aliphatic rings. The number of halogens is 1. The van der Waals surface area contributed by atoms with E-state index in [1.54, 1.807) is 43.3 Å². The Morgan fingerprint density at radius 2 is 1.67 bits per heavy atom. The molecule has 0 heterocycles. The Balaban J connectivity index is 1.91. The number of amides is 1. The molecule has 0 spiro atoms. The lowest BCUT2D eigenvalue weighted by Gasteiger charge is -2.25. The zero-order valence-electron chi connectivity index (χ0n) is 18.4. The van der Waals surface area contributed by atoms with E-state index in [9.17, 15) is 13.2 Å². The first kappa shape index (κ1) is 24.5. The van der Waals surface area contributed by atoms with Crippen LogP contribution >= 0.6 is 15.9 Å². The molecule has 0 bridgehead atoms. The van der Waals surface area contributed by atoms with E-state index >= 15 is 0 Å². The number of nitrogens with zero attached hydrogens (tertiary/aromatic N) is 2. The maximum atomic E-state index is 13.5. The van der Waals surface area contributed by atoms with Crippen molar-refractivity contribution in [3.8, 4) is 5.75 Å². The topological polar surface area (TPSA) is 88.1 Å². The standard InChI is InChI=1S/C24H24BrN3O4S/c1-17-8-14-21(15-9-17)33(30,31)28(22-6-4-5-7-23(22)32-3)16-24(29)27-26-18(2)19-10-12-20(25)13-11-19/h4-15H,16H2,1-3H3,(H,27,29)/b26-18-. The first-order valence-corrected chi connectivity index (χ1v) is 12.3. The lowest BCUT2D eigenvalue weighted by Crippen LogP contribution is -2.40. The van der Waals surface area contributed by atoms with Crippen molar-refractivity contribution in [3.05, 3.63) is 88.4 Å². The van der Waals surface area contributed by atoms with Crippen molar-refractivity contribution in [1.29, 1.82) is 0 Å². The van der Waals surface area contributed by atoms with E-state index in [1.807, 2.05) is 31.2 Å². The van der Waals surface area contributed by atoms with Gasteiger partial charge < -0.3 is 4.74 Å². The quantitative estimate of drug-likeness (QED) is 0.343. The molecular weight excluding hydrogens is 506 g/mol. The van der Waals surface area contributed by atoms with Gasteiger partial charge in [-0.15, -0.1) is 0 Å². The van der Waals surface area contributed by atoms with E-state index in [4.69, 9.17) is 4.74 Å². The fourth-order valence-electron chi connectivity index (χ4n) is 3.04. The maximum absolute atomic E-state index is 13.5. The Kier molecular flexibility index (Phi) is 7.88. The van der Waals surface area contributed by atoms with Crippen LogP contribution in [0.5, 0.6) is 5.75 Å². The third-order valence-corrected chi connectivity index (χ3v) is 7.16. The number of anilines is 1. The number of hydrogen-bond acceptors (Lipinski definition) is 5. The van der Waals surface area contributed by atoms with Crippen LogP contribution < -0.4 is 14.5 Å². The van der Waals surface area contributed by atoms with Gasteiger partial charge in [0.15, 0.2) is 0 Å². The molecule has 1 amide bonds. The zero-order chi connectivity index (χ0) is 24.0. The highest BCUT2D eigenvalue weighted by molar-refractivity contribution is 9.10. The van der Waals surface area contributed by atoms with Crippen LogP contribution in [0.2, 0.25) is 0 Å². The Morgan fingerprint density at radius 1 is 1.03 bits per heavy atom. The van der Waals surface area contributed by atoms with Crippen molar-refractivity contribution in [2.24, 2.45) is 5.10 Å². The first-order chi connectivity index (χ1) is 15.7. The van der Waals surface area contributed by atoms with Gasteiger partial charge in [0, 0.05) is 4.47 Å². The SMILES string of the molecule is COc1ccccc1N(CC(=O)N/N=C(/C)c1ccc(Br)cc1)S(=O)(=O)c1ccc(C)cc1. The molecule has 0 aliphatic heterocycles. The number of aryl methyl sites for hydroxylation is 1. The number of sulfonamides is 1. The van der Waals surface area contributed by atoms with E-state index in [1.165, 1.54) is 19.2 Å². The first-order valence-electron chi connectivity index (χ1n) is 10.0. The molecule has 0 aromatic heterocycles. The highest BCUT2D eigenvalue weighted by atomic mass is 79.9. The molecule has 3 aromatic rings. The Labute approximate surface area is 202 Å². The molecule has 0 radical (unpaired) electrons. The summed E-state index contributed by atoms with van der Waals surface area (Å²) in [6.07, 6.45) is 0. The summed E-state index contributed by atoms with van der Waals surface area (Å²) in [5.74, 6) is -0.261. The van der Waals surface area contributed by atoms with E-state index in [2.05, 4.69) is 26.5 Å². The largest absolute Gasteiger partial charge is 0.495 e. The minimum absolute atomic E-state index is 0.0707. The summed E-state index contributed by atoms with van der Waals surface area (Å²) in [5, 5.41) is 4.13. The molecule has 0 aliphatic carbocycles. The van der Waals surface area contributed by atoms with Crippen LogP contribution in [0.25, 0.3) is 0 Å². The molecule has 0 saturated carbocycles. The van der Waals surface area contributed by atoms with Crippen LogP contribution in [-0.2, 0) is 14.8 Å². The third-order valence-electron chi connectivity index (χ3n) is 4.86. The summed E-state index contributed by atoms with van der Waals surface area (Å²) in [4.78, 5) is 12.8. The van der Waals surface area contributed by atoms with Crippen molar-refractivity contribution >= 4 is 43.3 Å². The number of para-hydroxylation sites is 2. The summed E-state index contributed by atoms with van der Waals surface area (Å²) in [6.45, 7) is 3.14. The van der Waals surface area contributed by atoms with E-state index < -0.39 is 22.5 Å². The number of benzene rings is 3. The Bertz CT molecular complexity index is 1260. The van der Waals surface area contributed by atoms with Crippen LogP contribution in [-0.4, -0.2) is 33.7 Å². The number of hydrogen-bond donors (Lipinski definition) is 1. The van der Waals surface area contributed by atoms with Crippen molar-refractivity contribution in [2.75, 3.05) is 18.0 Å². The minimum Gasteiger partial charge on any atom is -0.495 e. The van der Waals surface area contributed by atoms with Gasteiger partial charge in [-0.3, -0.25) is 9.10 Å². The summed E-state index contributed by atoms with van der Waals surface area (Å²) >= 11 is 3.38. The molecule has 1 N–H and O–H groups in total.